The van der Waals surface area contributed by atoms with Crippen molar-refractivity contribution in [2.45, 2.75) is 31.8 Å². The first-order valence-corrected chi connectivity index (χ1v) is 6.79. The second-order valence-electron chi connectivity index (χ2n) is 5.23. The lowest BCUT2D eigenvalue weighted by Crippen LogP contribution is -2.46. The van der Waals surface area contributed by atoms with Crippen LogP contribution in [0.5, 0.6) is 0 Å². The highest BCUT2D eigenvalue weighted by molar-refractivity contribution is 5.90. The minimum Gasteiger partial charge on any atom is -0.344 e. The Morgan fingerprint density at radius 2 is 2.16 bits per heavy atom. The summed E-state index contributed by atoms with van der Waals surface area (Å²) in [5.41, 5.74) is 0. The van der Waals surface area contributed by atoms with Gasteiger partial charge in [-0.15, -0.1) is 0 Å². The number of nitrogens with zero attached hydrogens (tertiary/aromatic N) is 3. The Bertz CT molecular complexity index is 467. The zero-order chi connectivity index (χ0) is 13.2. The normalized spacial score (nSPS) is 24.2. The van der Waals surface area contributed by atoms with Crippen LogP contribution in [-0.2, 0) is 16.1 Å². The van der Waals surface area contributed by atoms with Crippen molar-refractivity contribution < 1.29 is 9.59 Å². The molecule has 1 saturated heterocycles. The van der Waals surface area contributed by atoms with E-state index in [1.807, 2.05) is 12.3 Å². The molecular weight excluding hydrogens is 244 g/mol. The highest BCUT2D eigenvalue weighted by atomic mass is 16.2. The standard InChI is InChI=1S/C13H18N4O2/c18-11-4-7-16(8-9-17-6-1-5-14-17)13(19)12(15-11)10-2-3-10/h1,5-6,10,12H,2-4,7-9H2,(H,15,18). The van der Waals surface area contributed by atoms with Crippen LogP contribution in [0.1, 0.15) is 19.3 Å². The van der Waals surface area contributed by atoms with E-state index in [4.69, 9.17) is 0 Å². The largest absolute Gasteiger partial charge is 0.344 e. The van der Waals surface area contributed by atoms with Gasteiger partial charge in [0.25, 0.3) is 0 Å². The molecule has 19 heavy (non-hydrogen) atoms. The molecule has 1 aromatic heterocycles. The molecule has 1 saturated carbocycles. The molecule has 102 valence electrons. The molecule has 1 aliphatic carbocycles. The Hall–Kier alpha value is -1.85. The third kappa shape index (κ3) is 2.77. The first-order valence-electron chi connectivity index (χ1n) is 6.79. The Kier molecular flexibility index (Phi) is 3.23. The SMILES string of the molecule is O=C1CCN(CCn2cccn2)C(=O)C(C2CC2)N1. The van der Waals surface area contributed by atoms with E-state index < -0.39 is 0 Å². The minimum atomic E-state index is -0.298. The summed E-state index contributed by atoms with van der Waals surface area (Å²) in [6.07, 6.45) is 6.09. The molecule has 2 aliphatic rings. The molecule has 1 aliphatic heterocycles. The third-order valence-electron chi connectivity index (χ3n) is 3.75. The Labute approximate surface area is 111 Å². The molecule has 1 unspecified atom stereocenters. The fourth-order valence-electron chi connectivity index (χ4n) is 2.48. The topological polar surface area (TPSA) is 67.2 Å². The highest BCUT2D eigenvalue weighted by Crippen LogP contribution is 2.34. The second kappa shape index (κ2) is 5.03. The molecule has 1 N–H and O–H groups in total. The van der Waals surface area contributed by atoms with Crippen LogP contribution in [0.3, 0.4) is 0 Å². The number of rotatable bonds is 4. The van der Waals surface area contributed by atoms with Crippen molar-refractivity contribution in [3.05, 3.63) is 18.5 Å². The predicted octanol–water partition coefficient (Wildman–Crippen LogP) is 0.0102. The van der Waals surface area contributed by atoms with Crippen LogP contribution in [0.2, 0.25) is 0 Å². The maximum atomic E-state index is 12.4. The molecule has 2 amide bonds. The number of amides is 2. The van der Waals surface area contributed by atoms with Crippen molar-refractivity contribution in [1.82, 2.24) is 20.0 Å². The average molecular weight is 262 g/mol. The fourth-order valence-corrected chi connectivity index (χ4v) is 2.48. The fraction of sp³-hybridized carbons (Fsp3) is 0.615. The van der Waals surface area contributed by atoms with Crippen LogP contribution in [-0.4, -0.2) is 45.6 Å². The average Bonchev–Trinajstić information content (AvgIpc) is 3.13. The Morgan fingerprint density at radius 3 is 2.84 bits per heavy atom. The molecule has 1 aromatic rings. The van der Waals surface area contributed by atoms with Crippen molar-refractivity contribution in [3.8, 4) is 0 Å². The maximum Gasteiger partial charge on any atom is 0.245 e. The van der Waals surface area contributed by atoms with Gasteiger partial charge in [-0.1, -0.05) is 0 Å². The van der Waals surface area contributed by atoms with Crippen molar-refractivity contribution >= 4 is 11.8 Å². The summed E-state index contributed by atoms with van der Waals surface area (Å²) in [5, 5.41) is 6.99. The number of carbonyl (C=O) groups is 2. The van der Waals surface area contributed by atoms with Gasteiger partial charge in [0.05, 0.1) is 6.54 Å². The van der Waals surface area contributed by atoms with Gasteiger partial charge in [0.15, 0.2) is 0 Å². The molecule has 6 heteroatoms. The first kappa shape index (κ1) is 12.2. The molecule has 1 atom stereocenters. The molecule has 6 nitrogen and oxygen atoms in total. The van der Waals surface area contributed by atoms with E-state index in [0.717, 1.165) is 12.8 Å². The molecule has 0 bridgehead atoms. The van der Waals surface area contributed by atoms with Crippen molar-refractivity contribution in [2.75, 3.05) is 13.1 Å². The van der Waals surface area contributed by atoms with E-state index in [0.29, 0.717) is 32.0 Å². The molecular formula is C13H18N4O2. The summed E-state index contributed by atoms with van der Waals surface area (Å²) < 4.78 is 1.81. The lowest BCUT2D eigenvalue weighted by atomic mass is 10.1. The van der Waals surface area contributed by atoms with Gasteiger partial charge < -0.3 is 10.2 Å². The quantitative estimate of drug-likeness (QED) is 0.831. The summed E-state index contributed by atoms with van der Waals surface area (Å²) in [4.78, 5) is 25.8. The van der Waals surface area contributed by atoms with Gasteiger partial charge in [-0.25, -0.2) is 0 Å². The molecule has 0 spiro atoms. The third-order valence-corrected chi connectivity index (χ3v) is 3.75. The molecule has 3 rings (SSSR count). The second-order valence-corrected chi connectivity index (χ2v) is 5.23. The number of aromatic nitrogens is 2. The van der Waals surface area contributed by atoms with E-state index in [1.54, 1.807) is 15.8 Å². The van der Waals surface area contributed by atoms with Crippen molar-refractivity contribution in [3.63, 3.8) is 0 Å². The number of carbonyl (C=O) groups excluding carboxylic acids is 2. The van der Waals surface area contributed by atoms with Gasteiger partial charge in [-0.3, -0.25) is 14.3 Å². The van der Waals surface area contributed by atoms with Crippen molar-refractivity contribution in [2.24, 2.45) is 5.92 Å². The minimum absolute atomic E-state index is 0.00756. The highest BCUT2D eigenvalue weighted by Gasteiger charge is 2.40. The van der Waals surface area contributed by atoms with E-state index >= 15 is 0 Å². The first-order chi connectivity index (χ1) is 9.24. The van der Waals surface area contributed by atoms with E-state index in [-0.39, 0.29) is 17.9 Å². The molecule has 0 radical (unpaired) electrons. The van der Waals surface area contributed by atoms with Crippen LogP contribution in [0.4, 0.5) is 0 Å². The number of nitrogens with one attached hydrogen (secondary N) is 1. The smallest absolute Gasteiger partial charge is 0.245 e. The number of hydrogen-bond donors (Lipinski definition) is 1. The zero-order valence-electron chi connectivity index (χ0n) is 10.8. The molecule has 2 fully saturated rings. The van der Waals surface area contributed by atoms with Gasteiger partial charge in [-0.05, 0) is 24.8 Å². The Morgan fingerprint density at radius 1 is 1.32 bits per heavy atom. The van der Waals surface area contributed by atoms with Gasteiger partial charge >= 0.3 is 0 Å². The lowest BCUT2D eigenvalue weighted by Gasteiger charge is -2.23. The van der Waals surface area contributed by atoms with Gasteiger partial charge in [-0.2, -0.15) is 5.10 Å². The van der Waals surface area contributed by atoms with E-state index in [1.165, 1.54) is 0 Å². The molecule has 2 heterocycles. The molecule has 0 aromatic carbocycles. The maximum absolute atomic E-state index is 12.4. The Balaban J connectivity index is 1.65. The van der Waals surface area contributed by atoms with Gasteiger partial charge in [0, 0.05) is 31.9 Å². The van der Waals surface area contributed by atoms with Crippen LogP contribution in [0.25, 0.3) is 0 Å². The lowest BCUT2D eigenvalue weighted by molar-refractivity contribution is -0.134. The van der Waals surface area contributed by atoms with Gasteiger partial charge in [0.2, 0.25) is 11.8 Å². The summed E-state index contributed by atoms with van der Waals surface area (Å²) in [5.74, 6) is 0.411. The zero-order valence-corrected chi connectivity index (χ0v) is 10.8. The summed E-state index contributed by atoms with van der Waals surface area (Å²) in [7, 11) is 0. The van der Waals surface area contributed by atoms with Crippen LogP contribution in [0, 0.1) is 5.92 Å². The van der Waals surface area contributed by atoms with Crippen LogP contribution < -0.4 is 5.32 Å². The monoisotopic (exact) mass is 262 g/mol. The van der Waals surface area contributed by atoms with E-state index in [9.17, 15) is 9.59 Å². The number of hydrogen-bond acceptors (Lipinski definition) is 3. The van der Waals surface area contributed by atoms with Crippen molar-refractivity contribution in [1.29, 1.82) is 0 Å². The summed E-state index contributed by atoms with van der Waals surface area (Å²) >= 11 is 0. The predicted molar refractivity (Wildman–Crippen MR) is 68.1 cm³/mol. The van der Waals surface area contributed by atoms with E-state index in [2.05, 4.69) is 10.4 Å². The summed E-state index contributed by atoms with van der Waals surface area (Å²) in [6, 6.07) is 1.56. The van der Waals surface area contributed by atoms with Gasteiger partial charge in [0.1, 0.15) is 6.04 Å². The summed E-state index contributed by atoms with van der Waals surface area (Å²) in [6.45, 7) is 1.79. The van der Waals surface area contributed by atoms with Crippen LogP contribution >= 0.6 is 0 Å². The van der Waals surface area contributed by atoms with Crippen LogP contribution in [0.15, 0.2) is 18.5 Å².